The van der Waals surface area contributed by atoms with Crippen LogP contribution < -0.4 is 0 Å². The maximum Gasteiger partial charge on any atom is 0.460 e. The van der Waals surface area contributed by atoms with Gasteiger partial charge in [0.25, 0.3) is 0 Å². The Balaban J connectivity index is 7.84. The van der Waals surface area contributed by atoms with Crippen LogP contribution in [0.5, 0.6) is 0 Å². The minimum Gasteiger partial charge on any atom is -0.459 e. The summed E-state index contributed by atoms with van der Waals surface area (Å²) in [4.78, 5) is 11.6. The summed E-state index contributed by atoms with van der Waals surface area (Å²) >= 11 is 0. The molecular formula is C26H13F39O2. The molecular weight excluding hydrogens is 1090 g/mol. The van der Waals surface area contributed by atoms with Gasteiger partial charge in [-0.1, -0.05) is 6.92 Å². The van der Waals surface area contributed by atoms with Gasteiger partial charge < -0.3 is 4.74 Å². The van der Waals surface area contributed by atoms with Crippen molar-refractivity contribution in [2.75, 3.05) is 6.61 Å². The molecule has 0 aliphatic rings. The molecule has 402 valence electrons. The van der Waals surface area contributed by atoms with Crippen LogP contribution in [0.25, 0.3) is 0 Å². The van der Waals surface area contributed by atoms with Gasteiger partial charge in [-0.2, -0.15) is 171 Å². The highest BCUT2D eigenvalue weighted by molar-refractivity contribution is 5.75. The average molecular weight is 1100 g/mol. The molecule has 0 N–H and O–H groups in total. The SMILES string of the molecule is CCC(C)(C)C(=O)OCC(F)(F)C(F)(F)C(F)(F)C(F)(F)C(F)(F)C(F)(F)C(F)(F)C(F)(F)C(F)(F)C(F)(F)C(F)(F)C(F)(F)C(F)(F)C(F)(F)C(F)(F)C(F)(F)C(F)(F)C(F)(F)C(F)(F)F. The molecule has 0 saturated heterocycles. The molecule has 0 aromatic rings. The Hall–Kier alpha value is -3.26. The number of ether oxygens (including phenoxy) is 1. The van der Waals surface area contributed by atoms with E-state index in [9.17, 15) is 176 Å². The van der Waals surface area contributed by atoms with Crippen molar-refractivity contribution in [1.29, 1.82) is 0 Å². The summed E-state index contributed by atoms with van der Waals surface area (Å²) in [5.74, 6) is -180. The van der Waals surface area contributed by atoms with Gasteiger partial charge in [0.05, 0.1) is 5.41 Å². The van der Waals surface area contributed by atoms with Crippen LogP contribution >= 0.6 is 0 Å². The summed E-state index contributed by atoms with van der Waals surface area (Å²) in [6.45, 7) is -1.65. The molecule has 0 rings (SSSR count). The van der Waals surface area contributed by atoms with Crippen LogP contribution in [0.4, 0.5) is 171 Å². The van der Waals surface area contributed by atoms with Crippen molar-refractivity contribution in [1.82, 2.24) is 0 Å². The molecule has 0 aliphatic heterocycles. The number of carbonyl (C=O) groups is 1. The van der Waals surface area contributed by atoms with E-state index in [-0.39, 0.29) is 0 Å². The van der Waals surface area contributed by atoms with E-state index in [4.69, 9.17) is 0 Å². The standard InChI is InChI=1S/C26H13F39O2/c1-4-7(2,3)6(66)67-5-8(27,28)9(29,30)10(31,32)11(33,34)12(35,36)13(37,38)14(39,40)15(41,42)16(43,44)17(45,46)18(47,48)19(49,50)20(51,52)21(53,54)22(55,56)23(57,58)24(59,60)25(61,62)26(63,64)65/h4-5H2,1-3H3. The smallest absolute Gasteiger partial charge is 0.459 e. The van der Waals surface area contributed by atoms with E-state index in [0.717, 1.165) is 6.92 Å². The van der Waals surface area contributed by atoms with Crippen molar-refractivity contribution in [3.05, 3.63) is 0 Å². The molecule has 0 saturated carbocycles. The molecule has 2 nitrogen and oxygen atoms in total. The number of rotatable bonds is 21. The molecule has 0 aliphatic carbocycles. The fourth-order valence-electron chi connectivity index (χ4n) is 3.95. The Morgan fingerprint density at radius 1 is 0.284 bits per heavy atom. The van der Waals surface area contributed by atoms with Gasteiger partial charge in [-0.3, -0.25) is 4.79 Å². The van der Waals surface area contributed by atoms with Crippen LogP contribution in [0.3, 0.4) is 0 Å². The first-order chi connectivity index (χ1) is 28.2. The van der Waals surface area contributed by atoms with Crippen molar-refractivity contribution in [3.63, 3.8) is 0 Å². The summed E-state index contributed by atoms with van der Waals surface area (Å²) < 4.78 is 540. The summed E-state index contributed by atoms with van der Waals surface area (Å²) in [5, 5.41) is 0. The van der Waals surface area contributed by atoms with E-state index in [2.05, 4.69) is 4.74 Å². The second-order valence-electron chi connectivity index (χ2n) is 13.8. The van der Waals surface area contributed by atoms with Gasteiger partial charge in [0.1, 0.15) is 0 Å². The van der Waals surface area contributed by atoms with Gasteiger partial charge in [-0.05, 0) is 20.3 Å². The zero-order valence-corrected chi connectivity index (χ0v) is 30.5. The van der Waals surface area contributed by atoms with Crippen molar-refractivity contribution >= 4 is 5.97 Å². The maximum absolute atomic E-state index is 14.1. The van der Waals surface area contributed by atoms with Gasteiger partial charge in [0, 0.05) is 0 Å². The first-order valence-electron chi connectivity index (χ1n) is 15.2. The van der Waals surface area contributed by atoms with Gasteiger partial charge in [-0.15, -0.1) is 0 Å². The highest BCUT2D eigenvalue weighted by atomic mass is 19.4. The third kappa shape index (κ3) is 7.67. The van der Waals surface area contributed by atoms with E-state index in [0.29, 0.717) is 13.8 Å². The fraction of sp³-hybridized carbons (Fsp3) is 0.962. The van der Waals surface area contributed by atoms with Gasteiger partial charge in [0.15, 0.2) is 6.61 Å². The number of alkyl halides is 39. The lowest BCUT2D eigenvalue weighted by atomic mass is 9.82. The Morgan fingerprint density at radius 2 is 0.433 bits per heavy atom. The molecule has 67 heavy (non-hydrogen) atoms. The number of hydrogen-bond acceptors (Lipinski definition) is 2. The molecule has 0 aromatic heterocycles. The second kappa shape index (κ2) is 15.9. The Morgan fingerprint density at radius 3 is 0.582 bits per heavy atom. The zero-order valence-electron chi connectivity index (χ0n) is 30.5. The average Bonchev–Trinajstić information content (AvgIpc) is 3.11. The van der Waals surface area contributed by atoms with E-state index < -0.39 is 137 Å². The molecule has 0 spiro atoms. The van der Waals surface area contributed by atoms with Crippen LogP contribution in [0, 0.1) is 5.41 Å². The van der Waals surface area contributed by atoms with Crippen LogP contribution in [0.2, 0.25) is 0 Å². The molecule has 0 unspecified atom stereocenters. The third-order valence-corrected chi connectivity index (χ3v) is 8.95. The molecule has 0 fully saturated rings. The normalized spacial score (nSPS) is 17.0. The molecule has 41 heteroatoms. The molecule has 0 radical (unpaired) electrons. The second-order valence-corrected chi connectivity index (χ2v) is 13.8. The van der Waals surface area contributed by atoms with Gasteiger partial charge >= 0.3 is 119 Å². The van der Waals surface area contributed by atoms with Crippen LogP contribution in [0.15, 0.2) is 0 Å². The zero-order chi connectivity index (χ0) is 55.7. The quantitative estimate of drug-likeness (QED) is 0.0846. The summed E-state index contributed by atoms with van der Waals surface area (Å²) in [5.41, 5.74) is -2.19. The van der Waals surface area contributed by atoms with Crippen LogP contribution in [-0.4, -0.2) is 125 Å². The Kier molecular flexibility index (Phi) is 15.1. The van der Waals surface area contributed by atoms with Gasteiger partial charge in [0.2, 0.25) is 0 Å². The minimum absolute atomic E-state index is 0.618. The van der Waals surface area contributed by atoms with Crippen LogP contribution in [-0.2, 0) is 9.53 Å². The highest BCUT2D eigenvalue weighted by Crippen LogP contribution is 2.71. The monoisotopic (exact) mass is 1100 g/mol. The van der Waals surface area contributed by atoms with Crippen molar-refractivity contribution < 1.29 is 181 Å². The molecule has 0 bridgehead atoms. The molecule has 0 heterocycles. The molecule has 0 amide bonds. The van der Waals surface area contributed by atoms with Crippen molar-refractivity contribution in [2.45, 2.75) is 140 Å². The van der Waals surface area contributed by atoms with Gasteiger partial charge in [-0.25, -0.2) is 0 Å². The maximum atomic E-state index is 14.1. The van der Waals surface area contributed by atoms with E-state index >= 15 is 0 Å². The fourth-order valence-corrected chi connectivity index (χ4v) is 3.95. The van der Waals surface area contributed by atoms with E-state index in [1.54, 1.807) is 0 Å². The summed E-state index contributed by atoms with van der Waals surface area (Å²) in [6.07, 6.45) is -9.13. The predicted octanol–water partition coefficient (Wildman–Crippen LogP) is 14.0. The Labute approximate surface area is 340 Å². The van der Waals surface area contributed by atoms with Crippen molar-refractivity contribution in [3.8, 4) is 0 Å². The number of hydrogen-bond donors (Lipinski definition) is 0. The topological polar surface area (TPSA) is 26.3 Å². The molecule has 0 atom stereocenters. The lowest BCUT2D eigenvalue weighted by Crippen LogP contribution is -2.80. The highest BCUT2D eigenvalue weighted by Gasteiger charge is 3.03. The van der Waals surface area contributed by atoms with E-state index in [1.807, 2.05) is 0 Å². The van der Waals surface area contributed by atoms with Crippen LogP contribution in [0.1, 0.15) is 27.2 Å². The number of carbonyl (C=O) groups excluding carboxylic acids is 1. The lowest BCUT2D eigenvalue weighted by Gasteiger charge is -2.47. The van der Waals surface area contributed by atoms with E-state index in [1.165, 1.54) is 0 Å². The first kappa shape index (κ1) is 63.7. The largest absolute Gasteiger partial charge is 0.460 e. The summed E-state index contributed by atoms with van der Waals surface area (Å²) in [6, 6.07) is 0. The number of halogens is 39. The summed E-state index contributed by atoms with van der Waals surface area (Å²) in [7, 11) is 0. The van der Waals surface area contributed by atoms with Crippen molar-refractivity contribution in [2.24, 2.45) is 5.41 Å². The molecule has 0 aromatic carbocycles. The predicted molar refractivity (Wildman–Crippen MR) is 130 cm³/mol. The Bertz CT molecular complexity index is 1800. The lowest BCUT2D eigenvalue weighted by molar-refractivity contribution is -0.494. The first-order valence-corrected chi connectivity index (χ1v) is 15.2. The minimum atomic E-state index is -10.6. The third-order valence-electron chi connectivity index (χ3n) is 8.95. The number of esters is 1.